The lowest BCUT2D eigenvalue weighted by Gasteiger charge is -2.32. The molecule has 0 unspecified atom stereocenters. The van der Waals surface area contributed by atoms with Crippen molar-refractivity contribution in [1.29, 1.82) is 0 Å². The van der Waals surface area contributed by atoms with Crippen LogP contribution in [0.15, 0.2) is 36.4 Å². The number of hydrogen-bond acceptors (Lipinski definition) is 3. The minimum absolute atomic E-state index is 0.00507. The van der Waals surface area contributed by atoms with Crippen molar-refractivity contribution >= 4 is 28.9 Å². The molecule has 2 atom stereocenters. The lowest BCUT2D eigenvalue weighted by molar-refractivity contribution is 0.0939. The third-order valence-electron chi connectivity index (χ3n) is 6.53. The van der Waals surface area contributed by atoms with Crippen molar-refractivity contribution < 1.29 is 4.79 Å². The highest BCUT2D eigenvalue weighted by molar-refractivity contribution is 6.33. The number of nitrogens with one attached hydrogen (secondary N) is 1. The number of fused-ring (bicyclic) bond motifs is 1. The van der Waals surface area contributed by atoms with E-state index < -0.39 is 0 Å². The highest BCUT2D eigenvalue weighted by Gasteiger charge is 2.31. The average Bonchev–Trinajstić information content (AvgIpc) is 3.12. The fourth-order valence-electron chi connectivity index (χ4n) is 4.69. The van der Waals surface area contributed by atoms with Crippen LogP contribution in [0, 0.1) is 6.57 Å². The van der Waals surface area contributed by atoms with Crippen LogP contribution in [0.4, 0.5) is 11.4 Å². The Balaban J connectivity index is 1.42. The summed E-state index contributed by atoms with van der Waals surface area (Å²) < 4.78 is 0. The van der Waals surface area contributed by atoms with Crippen LogP contribution in [-0.2, 0) is 13.0 Å². The van der Waals surface area contributed by atoms with Gasteiger partial charge in [-0.05, 0) is 69.0 Å². The van der Waals surface area contributed by atoms with Crippen molar-refractivity contribution in [2.24, 2.45) is 0 Å². The summed E-state index contributed by atoms with van der Waals surface area (Å²) in [6.45, 7) is 16.5. The van der Waals surface area contributed by atoms with E-state index in [0.29, 0.717) is 16.8 Å². The Hall–Kier alpha value is -2.55. The summed E-state index contributed by atoms with van der Waals surface area (Å²) >= 11 is 6.23. The Morgan fingerprint density at radius 2 is 2.03 bits per heavy atom. The van der Waals surface area contributed by atoms with Crippen LogP contribution in [-0.4, -0.2) is 42.0 Å². The lowest BCUT2D eigenvalue weighted by Crippen LogP contribution is -2.38. The van der Waals surface area contributed by atoms with Crippen LogP contribution in [0.2, 0.25) is 5.02 Å². The number of carbonyl (C=O) groups excluding carboxylic acids is 1. The van der Waals surface area contributed by atoms with Gasteiger partial charge in [0.2, 0.25) is 5.69 Å². The molecule has 2 heterocycles. The molecule has 1 fully saturated rings. The molecule has 2 aliphatic rings. The molecule has 0 aliphatic carbocycles. The Bertz CT molecular complexity index is 1030. The molecule has 1 amide bonds. The maximum absolute atomic E-state index is 13.0. The van der Waals surface area contributed by atoms with Gasteiger partial charge >= 0.3 is 0 Å². The van der Waals surface area contributed by atoms with Crippen LogP contribution in [0.1, 0.15) is 48.7 Å². The number of carbonyl (C=O) groups is 1. The largest absolute Gasteiger partial charge is 0.367 e. The Labute approximate surface area is 189 Å². The highest BCUT2D eigenvalue weighted by atomic mass is 35.5. The average molecular weight is 437 g/mol. The molecule has 1 N–H and O–H groups in total. The summed E-state index contributed by atoms with van der Waals surface area (Å²) in [5.74, 6) is -0.00507. The molecule has 0 aromatic heterocycles. The molecular weight excluding hydrogens is 408 g/mol. The molecule has 0 radical (unpaired) electrons. The molecule has 1 saturated heterocycles. The SMILES string of the molecule is [C-]#[N+]c1ccc(N2C[C@H](NC(=O)c3ccc4c(c3)CCN(C(C)C)C4)C[C@@H]2C)cc1Cl. The topological polar surface area (TPSA) is 39.9 Å². The first kappa shape index (κ1) is 21.7. The van der Waals surface area contributed by atoms with E-state index in [4.69, 9.17) is 18.2 Å². The molecule has 6 heteroatoms. The van der Waals surface area contributed by atoms with Crippen molar-refractivity contribution in [1.82, 2.24) is 10.2 Å². The number of hydrogen-bond donors (Lipinski definition) is 1. The van der Waals surface area contributed by atoms with Gasteiger partial charge in [-0.25, -0.2) is 4.85 Å². The van der Waals surface area contributed by atoms with Gasteiger partial charge < -0.3 is 10.2 Å². The Kier molecular flexibility index (Phi) is 6.22. The van der Waals surface area contributed by atoms with Crippen molar-refractivity contribution in [3.05, 3.63) is 69.5 Å². The monoisotopic (exact) mass is 436 g/mol. The van der Waals surface area contributed by atoms with Gasteiger partial charge in [-0.2, -0.15) is 0 Å². The van der Waals surface area contributed by atoms with E-state index in [1.54, 1.807) is 6.07 Å². The zero-order chi connectivity index (χ0) is 22.1. The van der Waals surface area contributed by atoms with Crippen molar-refractivity contribution in [3.8, 4) is 0 Å². The molecule has 2 aliphatic heterocycles. The Morgan fingerprint density at radius 1 is 1.23 bits per heavy atom. The van der Waals surface area contributed by atoms with Crippen LogP contribution >= 0.6 is 11.6 Å². The first-order valence-corrected chi connectivity index (χ1v) is 11.3. The van der Waals surface area contributed by atoms with E-state index in [-0.39, 0.29) is 18.0 Å². The van der Waals surface area contributed by atoms with Gasteiger partial charge in [-0.15, -0.1) is 0 Å². The van der Waals surface area contributed by atoms with Gasteiger partial charge in [0.05, 0.1) is 6.57 Å². The molecule has 2 aromatic carbocycles. The second kappa shape index (κ2) is 8.90. The first-order valence-electron chi connectivity index (χ1n) is 11.0. The number of amides is 1. The molecule has 0 bridgehead atoms. The zero-order valence-corrected chi connectivity index (χ0v) is 19.1. The van der Waals surface area contributed by atoms with Gasteiger partial charge in [0.1, 0.15) is 0 Å². The first-order chi connectivity index (χ1) is 14.9. The summed E-state index contributed by atoms with van der Waals surface area (Å²) in [5.41, 5.74) is 4.82. The summed E-state index contributed by atoms with van der Waals surface area (Å²) in [6, 6.07) is 12.6. The maximum atomic E-state index is 13.0. The zero-order valence-electron chi connectivity index (χ0n) is 18.4. The standard InChI is InChI=1S/C25H29ClN4O/c1-16(2)29-10-9-18-12-19(5-6-20(18)14-29)25(31)28-21-11-17(3)30(15-21)22-7-8-24(27-4)23(26)13-22/h5-8,12-13,16-17,21H,9-11,14-15H2,1-3H3,(H,28,31)/t17-,21+/m0/s1. The third kappa shape index (κ3) is 4.56. The van der Waals surface area contributed by atoms with E-state index in [1.165, 1.54) is 11.1 Å². The van der Waals surface area contributed by atoms with E-state index in [9.17, 15) is 4.79 Å². The van der Waals surface area contributed by atoms with Gasteiger partial charge in [0, 0.05) is 54.0 Å². The molecule has 31 heavy (non-hydrogen) atoms. The van der Waals surface area contributed by atoms with Gasteiger partial charge in [-0.1, -0.05) is 23.7 Å². The molecule has 2 aromatic rings. The summed E-state index contributed by atoms with van der Waals surface area (Å²) in [6.07, 6.45) is 1.87. The number of halogens is 1. The second-order valence-electron chi connectivity index (χ2n) is 8.95. The minimum Gasteiger partial charge on any atom is -0.367 e. The normalized spacial score (nSPS) is 21.1. The number of anilines is 1. The fraction of sp³-hybridized carbons (Fsp3) is 0.440. The maximum Gasteiger partial charge on any atom is 0.251 e. The van der Waals surface area contributed by atoms with Crippen LogP contribution in [0.25, 0.3) is 4.85 Å². The van der Waals surface area contributed by atoms with Gasteiger partial charge in [0.15, 0.2) is 0 Å². The fourth-order valence-corrected chi connectivity index (χ4v) is 4.90. The quantitative estimate of drug-likeness (QED) is 0.681. The predicted octanol–water partition coefficient (Wildman–Crippen LogP) is 5.05. The van der Waals surface area contributed by atoms with E-state index in [2.05, 4.69) is 52.9 Å². The highest BCUT2D eigenvalue weighted by Crippen LogP contribution is 2.33. The number of rotatable bonds is 4. The van der Waals surface area contributed by atoms with Gasteiger partial charge in [0.25, 0.3) is 5.91 Å². The number of benzene rings is 2. The van der Waals surface area contributed by atoms with Gasteiger partial charge in [-0.3, -0.25) is 9.69 Å². The molecule has 162 valence electrons. The summed E-state index contributed by atoms with van der Waals surface area (Å²) in [7, 11) is 0. The van der Waals surface area contributed by atoms with Crippen molar-refractivity contribution in [2.45, 2.75) is 58.3 Å². The van der Waals surface area contributed by atoms with Crippen molar-refractivity contribution in [2.75, 3.05) is 18.0 Å². The van der Waals surface area contributed by atoms with E-state index in [0.717, 1.165) is 43.7 Å². The van der Waals surface area contributed by atoms with Crippen LogP contribution in [0.5, 0.6) is 0 Å². The van der Waals surface area contributed by atoms with E-state index in [1.807, 2.05) is 18.2 Å². The van der Waals surface area contributed by atoms with Crippen molar-refractivity contribution in [3.63, 3.8) is 0 Å². The minimum atomic E-state index is -0.00507. The molecular formula is C25H29ClN4O. The third-order valence-corrected chi connectivity index (χ3v) is 6.84. The second-order valence-corrected chi connectivity index (χ2v) is 9.36. The Morgan fingerprint density at radius 3 is 2.74 bits per heavy atom. The lowest BCUT2D eigenvalue weighted by atomic mass is 9.96. The van der Waals surface area contributed by atoms with E-state index >= 15 is 0 Å². The molecule has 4 rings (SSSR count). The molecule has 0 saturated carbocycles. The molecule has 5 nitrogen and oxygen atoms in total. The van der Waals surface area contributed by atoms with Crippen LogP contribution < -0.4 is 10.2 Å². The smallest absolute Gasteiger partial charge is 0.251 e. The summed E-state index contributed by atoms with van der Waals surface area (Å²) in [5, 5.41) is 3.69. The number of nitrogens with zero attached hydrogens (tertiary/aromatic N) is 3. The summed E-state index contributed by atoms with van der Waals surface area (Å²) in [4.78, 5) is 21.1. The van der Waals surface area contributed by atoms with Crippen LogP contribution in [0.3, 0.4) is 0 Å². The molecule has 0 spiro atoms. The predicted molar refractivity (Wildman–Crippen MR) is 126 cm³/mol.